The van der Waals surface area contributed by atoms with Crippen molar-refractivity contribution in [1.29, 1.82) is 0 Å². The monoisotopic (exact) mass is 280 g/mol. The summed E-state index contributed by atoms with van der Waals surface area (Å²) in [6, 6.07) is 17.0. The molecule has 21 heavy (non-hydrogen) atoms. The van der Waals surface area contributed by atoms with E-state index >= 15 is 0 Å². The number of aryl methyl sites for hydroxylation is 1. The number of anilines is 2. The molecule has 0 aliphatic heterocycles. The van der Waals surface area contributed by atoms with Crippen LogP contribution in [0.4, 0.5) is 11.4 Å². The van der Waals surface area contributed by atoms with Gasteiger partial charge >= 0.3 is 0 Å². The van der Waals surface area contributed by atoms with Gasteiger partial charge < -0.3 is 10.6 Å². The van der Waals surface area contributed by atoms with Crippen LogP contribution in [0.1, 0.15) is 30.9 Å². The summed E-state index contributed by atoms with van der Waals surface area (Å²) in [5.41, 5.74) is 5.87. The van der Waals surface area contributed by atoms with Crippen LogP contribution in [0.3, 0.4) is 0 Å². The van der Waals surface area contributed by atoms with E-state index in [1.165, 1.54) is 11.1 Å². The molecule has 0 heterocycles. The van der Waals surface area contributed by atoms with Gasteiger partial charge in [-0.15, -0.1) is 0 Å². The molecule has 0 atom stereocenters. The topological polar surface area (TPSA) is 24.1 Å². The van der Waals surface area contributed by atoms with Crippen LogP contribution < -0.4 is 10.6 Å². The third-order valence-electron chi connectivity index (χ3n) is 3.38. The Kier molecular flexibility index (Phi) is 5.44. The van der Waals surface area contributed by atoms with E-state index in [2.05, 4.69) is 79.6 Å². The molecule has 0 radical (unpaired) electrons. The number of nitrogens with one attached hydrogen (secondary N) is 2. The highest BCUT2D eigenvalue weighted by Gasteiger charge is 1.97. The average molecular weight is 280 g/mol. The standard InChI is InChI=1S/C19H24N2/c1-4-5-16(3)21-19-12-10-18(11-13-19)20-14-17-8-6-15(2)7-9-17/h6-13,20-21H,3-5,14H2,1-2H3. The van der Waals surface area contributed by atoms with Crippen LogP contribution in [0.5, 0.6) is 0 Å². The summed E-state index contributed by atoms with van der Waals surface area (Å²) in [4.78, 5) is 0. The SMILES string of the molecule is C=C(CCC)Nc1ccc(NCc2ccc(C)cc2)cc1. The highest BCUT2D eigenvalue weighted by molar-refractivity contribution is 5.55. The smallest absolute Gasteiger partial charge is 0.0400 e. The predicted octanol–water partition coefficient (Wildman–Crippen LogP) is 5.33. The zero-order valence-corrected chi connectivity index (χ0v) is 12.9. The van der Waals surface area contributed by atoms with Crippen molar-refractivity contribution in [3.63, 3.8) is 0 Å². The fourth-order valence-electron chi connectivity index (χ4n) is 2.15. The van der Waals surface area contributed by atoms with Crippen LogP contribution >= 0.6 is 0 Å². The van der Waals surface area contributed by atoms with E-state index in [0.29, 0.717) is 0 Å². The van der Waals surface area contributed by atoms with Crippen LogP contribution in [0.15, 0.2) is 60.8 Å². The first-order valence-electron chi connectivity index (χ1n) is 7.51. The molecule has 2 heteroatoms. The number of rotatable bonds is 7. The van der Waals surface area contributed by atoms with E-state index in [1.54, 1.807) is 0 Å². The van der Waals surface area contributed by atoms with Crippen LogP contribution in [-0.4, -0.2) is 0 Å². The number of hydrogen-bond acceptors (Lipinski definition) is 2. The van der Waals surface area contributed by atoms with E-state index in [-0.39, 0.29) is 0 Å². The summed E-state index contributed by atoms with van der Waals surface area (Å²) in [7, 11) is 0. The van der Waals surface area contributed by atoms with Gasteiger partial charge in [0.1, 0.15) is 0 Å². The second-order valence-corrected chi connectivity index (χ2v) is 5.40. The molecule has 0 saturated heterocycles. The average Bonchev–Trinajstić information content (AvgIpc) is 2.48. The highest BCUT2D eigenvalue weighted by Crippen LogP contribution is 2.17. The van der Waals surface area contributed by atoms with Crippen LogP contribution in [0.25, 0.3) is 0 Å². The Balaban J connectivity index is 1.87. The molecule has 2 nitrogen and oxygen atoms in total. The molecule has 0 fully saturated rings. The van der Waals surface area contributed by atoms with Gasteiger partial charge in [-0.05, 0) is 43.2 Å². The summed E-state index contributed by atoms with van der Waals surface area (Å²) in [6.45, 7) is 9.13. The van der Waals surface area contributed by atoms with E-state index in [0.717, 1.165) is 36.5 Å². The van der Waals surface area contributed by atoms with Gasteiger partial charge in [0.2, 0.25) is 0 Å². The van der Waals surface area contributed by atoms with Gasteiger partial charge in [0, 0.05) is 23.6 Å². The maximum absolute atomic E-state index is 4.02. The molecule has 2 rings (SSSR count). The lowest BCUT2D eigenvalue weighted by Crippen LogP contribution is -2.00. The third kappa shape index (κ3) is 4.99. The van der Waals surface area contributed by atoms with E-state index < -0.39 is 0 Å². The Bertz CT molecular complexity index is 568. The maximum atomic E-state index is 4.02. The zero-order chi connectivity index (χ0) is 15.1. The molecule has 2 aromatic carbocycles. The van der Waals surface area contributed by atoms with Gasteiger partial charge in [0.15, 0.2) is 0 Å². The molecule has 0 aliphatic rings. The van der Waals surface area contributed by atoms with Crippen molar-refractivity contribution in [2.75, 3.05) is 10.6 Å². The quantitative estimate of drug-likeness (QED) is 0.716. The lowest BCUT2D eigenvalue weighted by Gasteiger charge is -2.11. The van der Waals surface area contributed by atoms with Crippen molar-refractivity contribution in [3.05, 3.63) is 71.9 Å². The molecule has 110 valence electrons. The molecule has 0 aromatic heterocycles. The summed E-state index contributed by atoms with van der Waals surface area (Å²) < 4.78 is 0. The summed E-state index contributed by atoms with van der Waals surface area (Å²) >= 11 is 0. The third-order valence-corrected chi connectivity index (χ3v) is 3.38. The largest absolute Gasteiger partial charge is 0.381 e. The first-order chi connectivity index (χ1) is 10.2. The summed E-state index contributed by atoms with van der Waals surface area (Å²) in [5, 5.41) is 6.76. The van der Waals surface area contributed by atoms with Crippen LogP contribution in [0, 0.1) is 6.92 Å². The zero-order valence-electron chi connectivity index (χ0n) is 12.9. The minimum absolute atomic E-state index is 0.843. The van der Waals surface area contributed by atoms with Crippen molar-refractivity contribution in [1.82, 2.24) is 0 Å². The van der Waals surface area contributed by atoms with Gasteiger partial charge in [0.05, 0.1) is 0 Å². The number of benzene rings is 2. The number of allylic oxidation sites excluding steroid dienone is 1. The van der Waals surface area contributed by atoms with Crippen molar-refractivity contribution in [2.45, 2.75) is 33.2 Å². The Hall–Kier alpha value is -2.22. The second-order valence-electron chi connectivity index (χ2n) is 5.40. The highest BCUT2D eigenvalue weighted by atomic mass is 14.9. The van der Waals surface area contributed by atoms with Crippen molar-refractivity contribution >= 4 is 11.4 Å². The van der Waals surface area contributed by atoms with Crippen molar-refractivity contribution in [3.8, 4) is 0 Å². The minimum Gasteiger partial charge on any atom is -0.381 e. The van der Waals surface area contributed by atoms with Gasteiger partial charge in [0.25, 0.3) is 0 Å². The normalized spacial score (nSPS) is 10.2. The van der Waals surface area contributed by atoms with Gasteiger partial charge in [-0.2, -0.15) is 0 Å². The lowest BCUT2D eigenvalue weighted by atomic mass is 10.1. The Morgan fingerprint density at radius 1 is 0.952 bits per heavy atom. The minimum atomic E-state index is 0.843. The predicted molar refractivity (Wildman–Crippen MR) is 92.6 cm³/mol. The Morgan fingerprint density at radius 3 is 2.19 bits per heavy atom. The molecule has 0 aliphatic carbocycles. The van der Waals surface area contributed by atoms with E-state index in [1.807, 2.05) is 0 Å². The van der Waals surface area contributed by atoms with Crippen molar-refractivity contribution < 1.29 is 0 Å². The fourth-order valence-corrected chi connectivity index (χ4v) is 2.15. The first kappa shape index (κ1) is 15.2. The molecular formula is C19H24N2. The summed E-state index contributed by atoms with van der Waals surface area (Å²) in [5.74, 6) is 0. The van der Waals surface area contributed by atoms with Gasteiger partial charge in [-0.3, -0.25) is 0 Å². The van der Waals surface area contributed by atoms with Gasteiger partial charge in [-0.1, -0.05) is 49.8 Å². The fraction of sp³-hybridized carbons (Fsp3) is 0.263. The molecule has 0 bridgehead atoms. The lowest BCUT2D eigenvalue weighted by molar-refractivity contribution is 0.913. The van der Waals surface area contributed by atoms with E-state index in [9.17, 15) is 0 Å². The van der Waals surface area contributed by atoms with Crippen LogP contribution in [0.2, 0.25) is 0 Å². The molecular weight excluding hydrogens is 256 g/mol. The molecule has 2 aromatic rings. The summed E-state index contributed by atoms with van der Waals surface area (Å²) in [6.07, 6.45) is 2.12. The molecule has 2 N–H and O–H groups in total. The molecule has 0 spiro atoms. The Labute approximate surface area is 127 Å². The van der Waals surface area contributed by atoms with Crippen LogP contribution in [-0.2, 0) is 6.54 Å². The van der Waals surface area contributed by atoms with Gasteiger partial charge in [-0.25, -0.2) is 0 Å². The second kappa shape index (κ2) is 7.53. The molecule has 0 saturated carbocycles. The number of hydrogen-bond donors (Lipinski definition) is 2. The molecule has 0 amide bonds. The first-order valence-corrected chi connectivity index (χ1v) is 7.51. The van der Waals surface area contributed by atoms with E-state index in [4.69, 9.17) is 0 Å². The van der Waals surface area contributed by atoms with Crippen molar-refractivity contribution in [2.24, 2.45) is 0 Å². The Morgan fingerprint density at radius 2 is 1.57 bits per heavy atom. The maximum Gasteiger partial charge on any atom is 0.0400 e. The molecule has 0 unspecified atom stereocenters.